The summed E-state index contributed by atoms with van der Waals surface area (Å²) in [5, 5.41) is 2.61. The maximum Gasteiger partial charge on any atom is 0.221 e. The molecule has 0 aliphatic carbocycles. The van der Waals surface area contributed by atoms with Crippen LogP contribution in [0.5, 0.6) is 5.75 Å². The second-order valence-electron chi connectivity index (χ2n) is 3.50. The van der Waals surface area contributed by atoms with Gasteiger partial charge in [0.05, 0.1) is 5.69 Å². The Morgan fingerprint density at radius 1 is 1.29 bits per heavy atom. The van der Waals surface area contributed by atoms with Gasteiger partial charge in [0.15, 0.2) is 12.6 Å². The van der Waals surface area contributed by atoms with E-state index in [0.717, 1.165) is 0 Å². The first-order valence-electron chi connectivity index (χ1n) is 5.09. The summed E-state index contributed by atoms with van der Waals surface area (Å²) in [6.45, 7) is 2.93. The molecule has 1 N–H and O–H groups in total. The predicted molar refractivity (Wildman–Crippen MR) is 63.3 cm³/mol. The Kier molecular flexibility index (Phi) is 4.66. The summed E-state index contributed by atoms with van der Waals surface area (Å²) in [6, 6.07) is 4.84. The molecule has 0 saturated carbocycles. The average molecular weight is 237 g/mol. The molecule has 0 heterocycles. The smallest absolute Gasteiger partial charge is 0.221 e. The molecule has 5 heteroatoms. The van der Waals surface area contributed by atoms with Crippen LogP contribution >= 0.6 is 0 Å². The number of amides is 1. The number of methoxy groups -OCH3 is 1. The highest BCUT2D eigenvalue weighted by Gasteiger charge is 2.09. The van der Waals surface area contributed by atoms with E-state index in [9.17, 15) is 9.59 Å². The van der Waals surface area contributed by atoms with E-state index in [4.69, 9.17) is 9.47 Å². The lowest BCUT2D eigenvalue weighted by Crippen LogP contribution is -2.10. The number of hydrogen-bond donors (Lipinski definition) is 1. The Bertz CT molecular complexity index is 429. The number of benzene rings is 1. The van der Waals surface area contributed by atoms with Crippen molar-refractivity contribution < 1.29 is 19.1 Å². The van der Waals surface area contributed by atoms with E-state index in [-0.39, 0.29) is 18.5 Å². The molecule has 5 nitrogen and oxygen atoms in total. The van der Waals surface area contributed by atoms with Crippen molar-refractivity contribution in [3.8, 4) is 5.75 Å². The van der Waals surface area contributed by atoms with Gasteiger partial charge in [-0.1, -0.05) is 0 Å². The highest BCUT2D eigenvalue weighted by Crippen LogP contribution is 2.26. The predicted octanol–water partition coefficient (Wildman–Crippen LogP) is 1.83. The Balaban J connectivity index is 3.02. The topological polar surface area (TPSA) is 64.6 Å². The summed E-state index contributed by atoms with van der Waals surface area (Å²) < 4.78 is 10.1. The van der Waals surface area contributed by atoms with Crippen LogP contribution in [0.2, 0.25) is 0 Å². The molecular weight excluding hydrogens is 222 g/mol. The molecule has 0 fully saturated rings. The zero-order valence-electron chi connectivity index (χ0n) is 10.1. The summed E-state index contributed by atoms with van der Waals surface area (Å²) in [5.74, 6) is 0.162. The minimum absolute atomic E-state index is 0.0742. The van der Waals surface area contributed by atoms with Crippen LogP contribution in [0.3, 0.4) is 0 Å². The Hall–Kier alpha value is -1.88. The van der Waals surface area contributed by atoms with Crippen LogP contribution in [0.25, 0.3) is 0 Å². The minimum atomic E-state index is -0.229. The largest absolute Gasteiger partial charge is 0.465 e. The van der Waals surface area contributed by atoms with E-state index in [2.05, 4.69) is 5.32 Å². The molecule has 1 rings (SSSR count). The fourth-order valence-corrected chi connectivity index (χ4v) is 1.28. The van der Waals surface area contributed by atoms with Gasteiger partial charge in [-0.05, 0) is 25.1 Å². The summed E-state index contributed by atoms with van der Waals surface area (Å²) in [4.78, 5) is 22.3. The van der Waals surface area contributed by atoms with Gasteiger partial charge in [-0.25, -0.2) is 0 Å². The molecule has 1 aromatic carbocycles. The van der Waals surface area contributed by atoms with Crippen molar-refractivity contribution in [3.05, 3.63) is 23.8 Å². The van der Waals surface area contributed by atoms with E-state index in [1.165, 1.54) is 21.0 Å². The van der Waals surface area contributed by atoms with E-state index in [0.29, 0.717) is 17.0 Å². The van der Waals surface area contributed by atoms with E-state index in [1.807, 2.05) is 0 Å². The molecule has 0 unspecified atom stereocenters. The molecule has 1 aromatic rings. The maximum absolute atomic E-state index is 11.2. The second kappa shape index (κ2) is 6.00. The molecule has 0 atom stereocenters. The van der Waals surface area contributed by atoms with Crippen LogP contribution in [-0.4, -0.2) is 25.6 Å². The number of nitrogens with one attached hydrogen (secondary N) is 1. The van der Waals surface area contributed by atoms with Gasteiger partial charge in [0.1, 0.15) is 5.75 Å². The van der Waals surface area contributed by atoms with Gasteiger partial charge in [0, 0.05) is 19.6 Å². The number of ether oxygens (including phenoxy) is 2. The molecule has 1 amide bonds. The van der Waals surface area contributed by atoms with Crippen molar-refractivity contribution in [1.82, 2.24) is 0 Å². The maximum atomic E-state index is 11.2. The molecule has 17 heavy (non-hydrogen) atoms. The lowest BCUT2D eigenvalue weighted by atomic mass is 10.1. The zero-order chi connectivity index (χ0) is 12.8. The number of carbonyl (C=O) groups excluding carboxylic acids is 2. The molecule has 0 aromatic heterocycles. The summed E-state index contributed by atoms with van der Waals surface area (Å²) >= 11 is 0. The third-order valence-electron chi connectivity index (χ3n) is 2.03. The van der Waals surface area contributed by atoms with Crippen LogP contribution in [0.15, 0.2) is 18.2 Å². The molecule has 0 saturated heterocycles. The first-order valence-corrected chi connectivity index (χ1v) is 5.09. The molecule has 0 bridgehead atoms. The molecular formula is C12H15NO4. The number of anilines is 1. The van der Waals surface area contributed by atoms with Crippen LogP contribution in [-0.2, 0) is 9.53 Å². The van der Waals surface area contributed by atoms with Crippen molar-refractivity contribution in [3.63, 3.8) is 0 Å². The van der Waals surface area contributed by atoms with Crippen molar-refractivity contribution in [2.45, 2.75) is 13.8 Å². The summed E-state index contributed by atoms with van der Waals surface area (Å²) in [5.41, 5.74) is 0.973. The van der Waals surface area contributed by atoms with E-state index >= 15 is 0 Å². The Morgan fingerprint density at radius 3 is 2.53 bits per heavy atom. The van der Waals surface area contributed by atoms with Crippen LogP contribution in [0.4, 0.5) is 5.69 Å². The van der Waals surface area contributed by atoms with Gasteiger partial charge in [-0.15, -0.1) is 0 Å². The standard InChI is InChI=1S/C12H15NO4/c1-8(14)10-4-5-12(17-7-16-3)11(6-10)13-9(2)15/h4-6H,7H2,1-3H3,(H,13,15). The molecule has 0 aliphatic heterocycles. The quantitative estimate of drug-likeness (QED) is 0.626. The summed E-state index contributed by atoms with van der Waals surface area (Å²) in [7, 11) is 1.50. The Labute approximate surface area is 99.7 Å². The van der Waals surface area contributed by atoms with Crippen LogP contribution in [0.1, 0.15) is 24.2 Å². The number of carbonyl (C=O) groups is 2. The van der Waals surface area contributed by atoms with Crippen LogP contribution < -0.4 is 10.1 Å². The molecule has 0 spiro atoms. The number of hydrogen-bond acceptors (Lipinski definition) is 4. The first-order chi connectivity index (χ1) is 8.04. The van der Waals surface area contributed by atoms with E-state index in [1.54, 1.807) is 18.2 Å². The lowest BCUT2D eigenvalue weighted by Gasteiger charge is -2.11. The molecule has 92 valence electrons. The van der Waals surface area contributed by atoms with E-state index < -0.39 is 0 Å². The van der Waals surface area contributed by atoms with Crippen molar-refractivity contribution in [1.29, 1.82) is 0 Å². The van der Waals surface area contributed by atoms with Crippen LogP contribution in [0, 0.1) is 0 Å². The number of rotatable bonds is 5. The SMILES string of the molecule is COCOc1ccc(C(C)=O)cc1NC(C)=O. The monoisotopic (exact) mass is 237 g/mol. The highest BCUT2D eigenvalue weighted by atomic mass is 16.7. The first kappa shape index (κ1) is 13.2. The fraction of sp³-hybridized carbons (Fsp3) is 0.333. The highest BCUT2D eigenvalue weighted by molar-refractivity contribution is 5.97. The third-order valence-corrected chi connectivity index (χ3v) is 2.03. The molecule has 0 aliphatic rings. The average Bonchev–Trinajstić information content (AvgIpc) is 2.26. The van der Waals surface area contributed by atoms with Crippen molar-refractivity contribution in [2.75, 3.05) is 19.2 Å². The van der Waals surface area contributed by atoms with Gasteiger partial charge in [0.2, 0.25) is 5.91 Å². The molecule has 0 radical (unpaired) electrons. The second-order valence-corrected chi connectivity index (χ2v) is 3.50. The minimum Gasteiger partial charge on any atom is -0.465 e. The normalized spacial score (nSPS) is 9.82. The number of Topliss-reactive ketones (excluding diaryl/α,β-unsaturated/α-hetero) is 1. The van der Waals surface area contributed by atoms with Gasteiger partial charge in [-0.3, -0.25) is 9.59 Å². The van der Waals surface area contributed by atoms with Crippen molar-refractivity contribution >= 4 is 17.4 Å². The van der Waals surface area contributed by atoms with Gasteiger partial charge >= 0.3 is 0 Å². The zero-order valence-corrected chi connectivity index (χ0v) is 10.1. The third kappa shape index (κ3) is 3.88. The van der Waals surface area contributed by atoms with Gasteiger partial charge in [0.25, 0.3) is 0 Å². The lowest BCUT2D eigenvalue weighted by molar-refractivity contribution is -0.114. The van der Waals surface area contributed by atoms with Gasteiger partial charge in [-0.2, -0.15) is 0 Å². The fourth-order valence-electron chi connectivity index (χ4n) is 1.28. The van der Waals surface area contributed by atoms with Gasteiger partial charge < -0.3 is 14.8 Å². The Morgan fingerprint density at radius 2 is 2.00 bits per heavy atom. The van der Waals surface area contributed by atoms with Crippen molar-refractivity contribution in [2.24, 2.45) is 0 Å². The number of ketones is 1. The summed E-state index contributed by atoms with van der Waals surface area (Å²) in [6.07, 6.45) is 0.